The van der Waals surface area contributed by atoms with Crippen molar-refractivity contribution < 1.29 is 27.4 Å². The Hall–Kier alpha value is -2.74. The molecule has 8 heteroatoms. The number of anilines is 1. The standard InChI is InChI=1S/C18H19F3N2O3/c1-23(11-13-5-3-4-6-16(13)25-2)12-17(24)22-14-7-9-15(10-8-14)26-18(19,20)21/h3-10H,11-12H2,1-2H3,(H,22,24). The molecular formula is C18H19F3N2O3. The van der Waals surface area contributed by atoms with Gasteiger partial charge < -0.3 is 14.8 Å². The van der Waals surface area contributed by atoms with Crippen molar-refractivity contribution in [1.82, 2.24) is 4.90 Å². The fraction of sp³-hybridized carbons (Fsp3) is 0.278. The second-order valence-corrected chi connectivity index (χ2v) is 5.60. The van der Waals surface area contributed by atoms with E-state index >= 15 is 0 Å². The van der Waals surface area contributed by atoms with E-state index in [4.69, 9.17) is 4.74 Å². The van der Waals surface area contributed by atoms with Crippen molar-refractivity contribution in [3.63, 3.8) is 0 Å². The number of alkyl halides is 3. The van der Waals surface area contributed by atoms with Crippen LogP contribution in [0.4, 0.5) is 18.9 Å². The lowest BCUT2D eigenvalue weighted by Crippen LogP contribution is -2.30. The molecule has 0 saturated heterocycles. The van der Waals surface area contributed by atoms with E-state index in [0.29, 0.717) is 12.2 Å². The summed E-state index contributed by atoms with van der Waals surface area (Å²) in [4.78, 5) is 13.9. The highest BCUT2D eigenvalue weighted by molar-refractivity contribution is 5.92. The number of carbonyl (C=O) groups excluding carboxylic acids is 1. The van der Waals surface area contributed by atoms with Crippen LogP contribution in [0.25, 0.3) is 0 Å². The van der Waals surface area contributed by atoms with Gasteiger partial charge in [0, 0.05) is 17.8 Å². The van der Waals surface area contributed by atoms with Gasteiger partial charge in [-0.2, -0.15) is 0 Å². The van der Waals surface area contributed by atoms with Crippen LogP contribution in [0.15, 0.2) is 48.5 Å². The summed E-state index contributed by atoms with van der Waals surface area (Å²) in [5.41, 5.74) is 1.33. The van der Waals surface area contributed by atoms with E-state index in [0.717, 1.165) is 23.4 Å². The van der Waals surface area contributed by atoms with Crippen LogP contribution >= 0.6 is 0 Å². The maximum absolute atomic E-state index is 12.1. The second-order valence-electron chi connectivity index (χ2n) is 5.60. The van der Waals surface area contributed by atoms with Crippen molar-refractivity contribution in [2.45, 2.75) is 12.9 Å². The first kappa shape index (κ1) is 19.6. The molecule has 0 bridgehead atoms. The zero-order chi connectivity index (χ0) is 19.2. The Labute approximate surface area is 149 Å². The monoisotopic (exact) mass is 368 g/mol. The molecule has 0 saturated carbocycles. The summed E-state index contributed by atoms with van der Waals surface area (Å²) in [6, 6.07) is 12.5. The lowest BCUT2D eigenvalue weighted by atomic mass is 10.2. The zero-order valence-corrected chi connectivity index (χ0v) is 14.3. The molecule has 0 aliphatic heterocycles. The van der Waals surface area contributed by atoms with Gasteiger partial charge in [-0.15, -0.1) is 13.2 Å². The molecule has 1 amide bonds. The van der Waals surface area contributed by atoms with E-state index in [2.05, 4.69) is 10.1 Å². The van der Waals surface area contributed by atoms with Crippen molar-refractivity contribution in [3.05, 3.63) is 54.1 Å². The van der Waals surface area contributed by atoms with Gasteiger partial charge in [-0.3, -0.25) is 9.69 Å². The number of ether oxygens (including phenoxy) is 2. The fourth-order valence-corrected chi connectivity index (χ4v) is 2.37. The van der Waals surface area contributed by atoms with Crippen LogP contribution in [-0.4, -0.2) is 37.9 Å². The second kappa shape index (κ2) is 8.57. The van der Waals surface area contributed by atoms with Crippen molar-refractivity contribution in [2.24, 2.45) is 0 Å². The van der Waals surface area contributed by atoms with Gasteiger partial charge in [-0.05, 0) is 37.4 Å². The molecule has 0 atom stereocenters. The summed E-state index contributed by atoms with van der Waals surface area (Å²) < 4.78 is 45.4. The van der Waals surface area contributed by atoms with Crippen molar-refractivity contribution >= 4 is 11.6 Å². The lowest BCUT2D eigenvalue weighted by Gasteiger charge is -2.18. The number of hydrogen-bond donors (Lipinski definition) is 1. The lowest BCUT2D eigenvalue weighted by molar-refractivity contribution is -0.274. The van der Waals surface area contributed by atoms with Crippen LogP contribution in [0.5, 0.6) is 11.5 Å². The van der Waals surface area contributed by atoms with Gasteiger partial charge in [0.2, 0.25) is 5.91 Å². The van der Waals surface area contributed by atoms with Crippen molar-refractivity contribution in [2.75, 3.05) is 26.0 Å². The summed E-state index contributed by atoms with van der Waals surface area (Å²) in [7, 11) is 3.37. The molecule has 2 aromatic rings. The van der Waals surface area contributed by atoms with Crippen LogP contribution in [0, 0.1) is 0 Å². The summed E-state index contributed by atoms with van der Waals surface area (Å²) in [5, 5.41) is 2.63. The van der Waals surface area contributed by atoms with Gasteiger partial charge in [0.1, 0.15) is 11.5 Å². The van der Waals surface area contributed by atoms with Crippen LogP contribution in [0.3, 0.4) is 0 Å². The molecule has 2 aromatic carbocycles. The van der Waals surface area contributed by atoms with Crippen LogP contribution in [0.1, 0.15) is 5.56 Å². The topological polar surface area (TPSA) is 50.8 Å². The van der Waals surface area contributed by atoms with E-state index in [-0.39, 0.29) is 18.2 Å². The predicted octanol–water partition coefficient (Wildman–Crippen LogP) is 3.66. The molecule has 0 fully saturated rings. The highest BCUT2D eigenvalue weighted by atomic mass is 19.4. The summed E-state index contributed by atoms with van der Waals surface area (Å²) >= 11 is 0. The number of carbonyl (C=O) groups is 1. The molecule has 0 aliphatic rings. The third-order valence-electron chi connectivity index (χ3n) is 3.42. The van der Waals surface area contributed by atoms with Gasteiger partial charge in [0.15, 0.2) is 0 Å². The van der Waals surface area contributed by atoms with E-state index in [1.54, 1.807) is 19.1 Å². The van der Waals surface area contributed by atoms with Gasteiger partial charge >= 0.3 is 6.36 Å². The molecule has 2 rings (SSSR count). The number of para-hydroxylation sites is 1. The highest BCUT2D eigenvalue weighted by Gasteiger charge is 2.30. The minimum atomic E-state index is -4.74. The first-order valence-corrected chi connectivity index (χ1v) is 7.73. The average molecular weight is 368 g/mol. The molecule has 0 spiro atoms. The number of likely N-dealkylation sites (N-methyl/N-ethyl adjacent to an activating group) is 1. The molecule has 0 unspecified atom stereocenters. The Morgan fingerprint density at radius 2 is 1.77 bits per heavy atom. The van der Waals surface area contributed by atoms with E-state index in [1.165, 1.54) is 12.1 Å². The molecule has 140 valence electrons. The number of rotatable bonds is 7. The smallest absolute Gasteiger partial charge is 0.496 e. The molecule has 0 radical (unpaired) electrons. The summed E-state index contributed by atoms with van der Waals surface area (Å²) in [5.74, 6) is 0.107. The number of nitrogens with zero attached hydrogens (tertiary/aromatic N) is 1. The van der Waals surface area contributed by atoms with Crippen LogP contribution in [-0.2, 0) is 11.3 Å². The number of benzene rings is 2. The Kier molecular flexibility index (Phi) is 6.46. The SMILES string of the molecule is COc1ccccc1CN(C)CC(=O)Nc1ccc(OC(F)(F)F)cc1. The Bertz CT molecular complexity index is 733. The molecule has 1 N–H and O–H groups in total. The minimum absolute atomic E-state index is 0.110. The molecular weight excluding hydrogens is 349 g/mol. The third-order valence-corrected chi connectivity index (χ3v) is 3.42. The fourth-order valence-electron chi connectivity index (χ4n) is 2.37. The zero-order valence-electron chi connectivity index (χ0n) is 14.3. The Balaban J connectivity index is 1.87. The molecule has 26 heavy (non-hydrogen) atoms. The molecule has 0 aromatic heterocycles. The minimum Gasteiger partial charge on any atom is -0.496 e. The highest BCUT2D eigenvalue weighted by Crippen LogP contribution is 2.24. The quantitative estimate of drug-likeness (QED) is 0.810. The van der Waals surface area contributed by atoms with Gasteiger partial charge in [0.05, 0.1) is 13.7 Å². The number of amides is 1. The van der Waals surface area contributed by atoms with Gasteiger partial charge in [-0.1, -0.05) is 18.2 Å². The van der Waals surface area contributed by atoms with Crippen LogP contribution in [0.2, 0.25) is 0 Å². The number of nitrogens with one attached hydrogen (secondary N) is 1. The normalized spacial score (nSPS) is 11.3. The Morgan fingerprint density at radius 3 is 2.38 bits per heavy atom. The first-order chi connectivity index (χ1) is 12.3. The maximum Gasteiger partial charge on any atom is 0.573 e. The van der Waals surface area contributed by atoms with E-state index < -0.39 is 6.36 Å². The van der Waals surface area contributed by atoms with Crippen molar-refractivity contribution in [1.29, 1.82) is 0 Å². The molecule has 0 aliphatic carbocycles. The number of methoxy groups -OCH3 is 1. The summed E-state index contributed by atoms with van der Waals surface area (Å²) in [6.07, 6.45) is -4.74. The molecule has 5 nitrogen and oxygen atoms in total. The third kappa shape index (κ3) is 6.29. The maximum atomic E-state index is 12.1. The van der Waals surface area contributed by atoms with E-state index in [9.17, 15) is 18.0 Å². The molecule has 0 heterocycles. The number of halogens is 3. The van der Waals surface area contributed by atoms with Gasteiger partial charge in [0.25, 0.3) is 0 Å². The summed E-state index contributed by atoms with van der Waals surface area (Å²) in [6.45, 7) is 0.620. The predicted molar refractivity (Wildman–Crippen MR) is 91.1 cm³/mol. The Morgan fingerprint density at radius 1 is 1.12 bits per heavy atom. The van der Waals surface area contributed by atoms with E-state index in [1.807, 2.05) is 24.3 Å². The van der Waals surface area contributed by atoms with Gasteiger partial charge in [-0.25, -0.2) is 0 Å². The number of hydrogen-bond acceptors (Lipinski definition) is 4. The first-order valence-electron chi connectivity index (χ1n) is 7.73. The van der Waals surface area contributed by atoms with Crippen molar-refractivity contribution in [3.8, 4) is 11.5 Å². The largest absolute Gasteiger partial charge is 0.573 e. The van der Waals surface area contributed by atoms with Crippen LogP contribution < -0.4 is 14.8 Å². The average Bonchev–Trinajstić information content (AvgIpc) is 2.55.